The first-order valence-corrected chi connectivity index (χ1v) is 10.4. The van der Waals surface area contributed by atoms with Gasteiger partial charge in [-0.15, -0.1) is 0 Å². The van der Waals surface area contributed by atoms with Crippen LogP contribution in [0.4, 0.5) is 0 Å². The van der Waals surface area contributed by atoms with Gasteiger partial charge in [-0.3, -0.25) is 9.59 Å². The SMILES string of the molecule is CCc1ccc(CN(C)C(=O)C2CCN(C(=O)/C=C/c3ccccc3)CC2)cc1. The number of piperidine rings is 1. The largest absolute Gasteiger partial charge is 0.341 e. The molecule has 1 aliphatic rings. The maximum absolute atomic E-state index is 12.8. The molecule has 2 amide bonds. The fraction of sp³-hybridized carbons (Fsp3) is 0.360. The monoisotopic (exact) mass is 390 g/mol. The van der Waals surface area contributed by atoms with Crippen LogP contribution in [0.15, 0.2) is 60.7 Å². The van der Waals surface area contributed by atoms with Crippen LogP contribution in [0, 0.1) is 5.92 Å². The van der Waals surface area contributed by atoms with Gasteiger partial charge < -0.3 is 9.80 Å². The van der Waals surface area contributed by atoms with Gasteiger partial charge in [0.1, 0.15) is 0 Å². The molecule has 2 aromatic carbocycles. The number of amides is 2. The molecule has 0 radical (unpaired) electrons. The van der Waals surface area contributed by atoms with E-state index in [4.69, 9.17) is 0 Å². The average Bonchev–Trinajstić information content (AvgIpc) is 2.78. The van der Waals surface area contributed by atoms with Gasteiger partial charge in [-0.1, -0.05) is 61.5 Å². The minimum absolute atomic E-state index is 0.00271. The predicted octanol–water partition coefficient (Wildman–Crippen LogP) is 4.16. The Hall–Kier alpha value is -2.88. The molecule has 4 heteroatoms. The van der Waals surface area contributed by atoms with E-state index < -0.39 is 0 Å². The fourth-order valence-corrected chi connectivity index (χ4v) is 3.73. The minimum atomic E-state index is -0.00271. The van der Waals surface area contributed by atoms with E-state index in [1.165, 1.54) is 5.56 Å². The molecule has 152 valence electrons. The molecule has 0 N–H and O–H groups in total. The Morgan fingerprint density at radius 2 is 1.62 bits per heavy atom. The summed E-state index contributed by atoms with van der Waals surface area (Å²) < 4.78 is 0. The number of nitrogens with zero attached hydrogens (tertiary/aromatic N) is 2. The molecular formula is C25H30N2O2. The molecule has 1 fully saturated rings. The Morgan fingerprint density at radius 3 is 2.24 bits per heavy atom. The molecule has 1 heterocycles. The van der Waals surface area contributed by atoms with Crippen LogP contribution < -0.4 is 0 Å². The zero-order valence-corrected chi connectivity index (χ0v) is 17.4. The maximum atomic E-state index is 12.8. The van der Waals surface area contributed by atoms with Crippen LogP contribution in [-0.4, -0.2) is 41.8 Å². The number of benzene rings is 2. The first kappa shape index (κ1) is 20.8. The van der Waals surface area contributed by atoms with Crippen molar-refractivity contribution >= 4 is 17.9 Å². The van der Waals surface area contributed by atoms with Crippen molar-refractivity contribution in [2.75, 3.05) is 20.1 Å². The molecule has 1 aliphatic heterocycles. The highest BCUT2D eigenvalue weighted by Crippen LogP contribution is 2.21. The second kappa shape index (κ2) is 10.1. The number of hydrogen-bond acceptors (Lipinski definition) is 2. The lowest BCUT2D eigenvalue weighted by Gasteiger charge is -2.32. The van der Waals surface area contributed by atoms with Crippen molar-refractivity contribution in [3.63, 3.8) is 0 Å². The van der Waals surface area contributed by atoms with E-state index in [1.54, 1.807) is 6.08 Å². The molecule has 2 aromatic rings. The molecular weight excluding hydrogens is 360 g/mol. The van der Waals surface area contributed by atoms with E-state index >= 15 is 0 Å². The van der Waals surface area contributed by atoms with Crippen LogP contribution in [0.3, 0.4) is 0 Å². The molecule has 0 unspecified atom stereocenters. The summed E-state index contributed by atoms with van der Waals surface area (Å²) >= 11 is 0. The van der Waals surface area contributed by atoms with Crippen LogP contribution in [0.1, 0.15) is 36.5 Å². The average molecular weight is 391 g/mol. The van der Waals surface area contributed by atoms with Gasteiger partial charge in [0.15, 0.2) is 0 Å². The van der Waals surface area contributed by atoms with Gasteiger partial charge in [-0.2, -0.15) is 0 Å². The number of rotatable bonds is 6. The van der Waals surface area contributed by atoms with Gasteiger partial charge >= 0.3 is 0 Å². The van der Waals surface area contributed by atoms with E-state index in [9.17, 15) is 9.59 Å². The highest BCUT2D eigenvalue weighted by molar-refractivity contribution is 5.92. The quantitative estimate of drug-likeness (QED) is 0.695. The van der Waals surface area contributed by atoms with Crippen molar-refractivity contribution in [2.45, 2.75) is 32.7 Å². The third-order valence-corrected chi connectivity index (χ3v) is 5.60. The number of likely N-dealkylation sites (tertiary alicyclic amines) is 1. The van der Waals surface area contributed by atoms with Gasteiger partial charge in [-0.25, -0.2) is 0 Å². The third kappa shape index (κ3) is 5.80. The van der Waals surface area contributed by atoms with E-state index in [1.807, 2.05) is 53.3 Å². The van der Waals surface area contributed by atoms with Crippen molar-refractivity contribution < 1.29 is 9.59 Å². The fourth-order valence-electron chi connectivity index (χ4n) is 3.73. The predicted molar refractivity (Wildman–Crippen MR) is 117 cm³/mol. The number of aryl methyl sites for hydroxylation is 1. The Labute approximate surface area is 173 Å². The number of carbonyl (C=O) groups excluding carboxylic acids is 2. The van der Waals surface area contributed by atoms with Gasteiger partial charge in [0, 0.05) is 38.7 Å². The topological polar surface area (TPSA) is 40.6 Å². The second-order valence-electron chi connectivity index (χ2n) is 7.71. The molecule has 0 saturated carbocycles. The highest BCUT2D eigenvalue weighted by Gasteiger charge is 2.28. The Balaban J connectivity index is 1.48. The molecule has 0 aromatic heterocycles. The summed E-state index contributed by atoms with van der Waals surface area (Å²) in [5.41, 5.74) is 3.47. The molecule has 0 atom stereocenters. The molecule has 0 aliphatic carbocycles. The zero-order valence-electron chi connectivity index (χ0n) is 17.4. The minimum Gasteiger partial charge on any atom is -0.341 e. The van der Waals surface area contributed by atoms with Crippen molar-refractivity contribution in [1.29, 1.82) is 0 Å². The molecule has 29 heavy (non-hydrogen) atoms. The van der Waals surface area contributed by atoms with Crippen LogP contribution in [0.25, 0.3) is 6.08 Å². The first-order valence-electron chi connectivity index (χ1n) is 10.4. The summed E-state index contributed by atoms with van der Waals surface area (Å²) in [7, 11) is 1.87. The van der Waals surface area contributed by atoms with Crippen molar-refractivity contribution in [3.05, 3.63) is 77.4 Å². The van der Waals surface area contributed by atoms with Crippen LogP contribution in [-0.2, 0) is 22.6 Å². The molecule has 3 rings (SSSR count). The standard InChI is InChI=1S/C25H30N2O2/c1-3-20-9-11-22(12-10-20)19-26(2)25(29)23-15-17-27(18-16-23)24(28)14-13-21-7-5-4-6-8-21/h4-14,23H,3,15-19H2,1-2H3/b14-13+. The van der Waals surface area contributed by atoms with Gasteiger partial charge in [0.2, 0.25) is 11.8 Å². The lowest BCUT2D eigenvalue weighted by atomic mass is 9.95. The zero-order chi connectivity index (χ0) is 20.6. The number of hydrogen-bond donors (Lipinski definition) is 0. The summed E-state index contributed by atoms with van der Waals surface area (Å²) in [5.74, 6) is 0.192. The van der Waals surface area contributed by atoms with Gasteiger partial charge in [0.05, 0.1) is 0 Å². The molecule has 1 saturated heterocycles. The van der Waals surface area contributed by atoms with Crippen molar-refractivity contribution in [1.82, 2.24) is 9.80 Å². The van der Waals surface area contributed by atoms with Gasteiger partial charge in [0.25, 0.3) is 0 Å². The van der Waals surface area contributed by atoms with Crippen molar-refractivity contribution in [3.8, 4) is 0 Å². The van der Waals surface area contributed by atoms with Crippen LogP contribution in [0.5, 0.6) is 0 Å². The van der Waals surface area contributed by atoms with E-state index in [0.717, 1.165) is 30.4 Å². The van der Waals surface area contributed by atoms with Crippen LogP contribution in [0.2, 0.25) is 0 Å². The smallest absolute Gasteiger partial charge is 0.246 e. The van der Waals surface area contributed by atoms with E-state index in [2.05, 4.69) is 31.2 Å². The first-order chi connectivity index (χ1) is 14.1. The molecule has 0 bridgehead atoms. The third-order valence-electron chi connectivity index (χ3n) is 5.60. The summed E-state index contributed by atoms with van der Waals surface area (Å²) in [6, 6.07) is 18.3. The van der Waals surface area contributed by atoms with Gasteiger partial charge in [-0.05, 0) is 42.0 Å². The Morgan fingerprint density at radius 1 is 1.00 bits per heavy atom. The molecule has 0 spiro atoms. The lowest BCUT2D eigenvalue weighted by Crippen LogP contribution is -2.42. The summed E-state index contributed by atoms with van der Waals surface area (Å²) in [6.07, 6.45) is 5.94. The lowest BCUT2D eigenvalue weighted by molar-refractivity contribution is -0.138. The maximum Gasteiger partial charge on any atom is 0.246 e. The number of carbonyl (C=O) groups is 2. The van der Waals surface area contributed by atoms with Crippen LogP contribution >= 0.6 is 0 Å². The highest BCUT2D eigenvalue weighted by atomic mass is 16.2. The molecule has 4 nitrogen and oxygen atoms in total. The summed E-state index contributed by atoms with van der Waals surface area (Å²) in [5, 5.41) is 0. The van der Waals surface area contributed by atoms with Crippen molar-refractivity contribution in [2.24, 2.45) is 5.92 Å². The summed E-state index contributed by atoms with van der Waals surface area (Å²) in [6.45, 7) is 4.03. The Kier molecular flexibility index (Phi) is 7.23. The second-order valence-corrected chi connectivity index (χ2v) is 7.71. The summed E-state index contributed by atoms with van der Waals surface area (Å²) in [4.78, 5) is 28.9. The van der Waals surface area contributed by atoms with E-state index in [0.29, 0.717) is 19.6 Å². The normalized spacial score (nSPS) is 14.9. The Bertz CT molecular complexity index is 835. The van der Waals surface area contributed by atoms with E-state index in [-0.39, 0.29) is 17.7 Å².